The Hall–Kier alpha value is -9.18. The Morgan fingerprint density at radius 1 is 0.311 bits per heavy atom. The molecular formula is C71H55N3. The Bertz CT molecular complexity index is 4060. The molecule has 0 N–H and O–H groups in total. The van der Waals surface area contributed by atoms with E-state index >= 15 is 0 Å². The lowest BCUT2D eigenvalue weighted by Gasteiger charge is -2.31. The average Bonchev–Trinajstić information content (AvgIpc) is 3.96. The van der Waals surface area contributed by atoms with Crippen molar-refractivity contribution in [3.05, 3.63) is 283 Å². The van der Waals surface area contributed by atoms with Crippen LogP contribution in [0.3, 0.4) is 0 Å². The number of benzene rings is 11. The van der Waals surface area contributed by atoms with Crippen molar-refractivity contribution in [1.82, 2.24) is 4.57 Å². The first-order chi connectivity index (χ1) is 36.3. The first-order valence-electron chi connectivity index (χ1n) is 25.8. The van der Waals surface area contributed by atoms with Crippen LogP contribution in [0.4, 0.5) is 34.1 Å². The van der Waals surface area contributed by atoms with Gasteiger partial charge in [0.05, 0.1) is 16.7 Å². The highest BCUT2D eigenvalue weighted by atomic mass is 15.2. The third kappa shape index (κ3) is 7.59. The van der Waals surface area contributed by atoms with E-state index in [1.165, 1.54) is 71.9 Å². The van der Waals surface area contributed by atoms with E-state index in [9.17, 15) is 0 Å². The summed E-state index contributed by atoms with van der Waals surface area (Å²) >= 11 is 0. The Labute approximate surface area is 434 Å². The summed E-state index contributed by atoms with van der Waals surface area (Å²) in [5.74, 6) is 0. The number of fused-ring (bicyclic) bond motifs is 6. The molecule has 12 aromatic rings. The molecular weight excluding hydrogens is 895 g/mol. The van der Waals surface area contributed by atoms with Crippen LogP contribution in [-0.2, 0) is 5.41 Å². The van der Waals surface area contributed by atoms with Crippen molar-refractivity contribution in [2.24, 2.45) is 0 Å². The molecule has 3 nitrogen and oxygen atoms in total. The summed E-state index contributed by atoms with van der Waals surface area (Å²) in [5.41, 5.74) is 24.8. The Kier molecular flexibility index (Phi) is 11.0. The summed E-state index contributed by atoms with van der Waals surface area (Å²) in [6, 6.07) is 95.9. The molecule has 0 saturated heterocycles. The molecule has 0 radical (unpaired) electrons. The second kappa shape index (κ2) is 18.1. The molecule has 1 heterocycles. The number of rotatable bonds is 10. The third-order valence-corrected chi connectivity index (χ3v) is 15.5. The van der Waals surface area contributed by atoms with Gasteiger partial charge in [0.25, 0.3) is 0 Å². The molecule has 0 atom stereocenters. The van der Waals surface area contributed by atoms with Crippen LogP contribution >= 0.6 is 0 Å². The van der Waals surface area contributed by atoms with E-state index < -0.39 is 0 Å². The third-order valence-electron chi connectivity index (χ3n) is 15.5. The number of hydrogen-bond donors (Lipinski definition) is 0. The van der Waals surface area contributed by atoms with Crippen molar-refractivity contribution in [2.75, 3.05) is 9.80 Å². The fraction of sp³-hybridized carbons (Fsp3) is 0.0704. The van der Waals surface area contributed by atoms with Gasteiger partial charge in [-0.1, -0.05) is 178 Å². The fourth-order valence-corrected chi connectivity index (χ4v) is 11.7. The number of aryl methyl sites for hydroxylation is 2. The second-order valence-corrected chi connectivity index (χ2v) is 20.3. The molecule has 0 aliphatic heterocycles. The van der Waals surface area contributed by atoms with Crippen LogP contribution in [0.1, 0.15) is 36.1 Å². The van der Waals surface area contributed by atoms with E-state index in [0.717, 1.165) is 56.5 Å². The number of hydrogen-bond acceptors (Lipinski definition) is 2. The van der Waals surface area contributed by atoms with E-state index in [2.05, 4.69) is 303 Å². The van der Waals surface area contributed by atoms with E-state index in [-0.39, 0.29) is 5.41 Å². The van der Waals surface area contributed by atoms with Gasteiger partial charge in [-0.15, -0.1) is 0 Å². The minimum Gasteiger partial charge on any atom is -0.310 e. The van der Waals surface area contributed by atoms with Crippen LogP contribution < -0.4 is 9.80 Å². The molecule has 0 fully saturated rings. The van der Waals surface area contributed by atoms with Gasteiger partial charge in [-0.2, -0.15) is 0 Å². The number of aromatic nitrogens is 1. The molecule has 1 aliphatic rings. The highest BCUT2D eigenvalue weighted by molar-refractivity contribution is 6.11. The van der Waals surface area contributed by atoms with Crippen LogP contribution in [0.15, 0.2) is 261 Å². The highest BCUT2D eigenvalue weighted by Crippen LogP contribution is 2.52. The zero-order valence-electron chi connectivity index (χ0n) is 42.2. The van der Waals surface area contributed by atoms with Gasteiger partial charge in [-0.25, -0.2) is 0 Å². The maximum atomic E-state index is 2.45. The van der Waals surface area contributed by atoms with Gasteiger partial charge in [0.1, 0.15) is 0 Å². The van der Waals surface area contributed by atoms with Crippen molar-refractivity contribution in [3.8, 4) is 50.2 Å². The minimum absolute atomic E-state index is 0.154. The monoisotopic (exact) mass is 949 g/mol. The summed E-state index contributed by atoms with van der Waals surface area (Å²) in [6.07, 6.45) is 0. The zero-order valence-corrected chi connectivity index (χ0v) is 42.2. The Morgan fingerprint density at radius 2 is 0.838 bits per heavy atom. The van der Waals surface area contributed by atoms with E-state index in [4.69, 9.17) is 0 Å². The zero-order chi connectivity index (χ0) is 49.9. The predicted octanol–water partition coefficient (Wildman–Crippen LogP) is 19.6. The van der Waals surface area contributed by atoms with Crippen LogP contribution in [0.5, 0.6) is 0 Å². The summed E-state index contributed by atoms with van der Waals surface area (Å²) in [6.45, 7) is 9.15. The van der Waals surface area contributed by atoms with Crippen LogP contribution in [0, 0.1) is 13.8 Å². The molecule has 13 rings (SSSR count). The van der Waals surface area contributed by atoms with Crippen molar-refractivity contribution in [1.29, 1.82) is 0 Å². The standard InChI is InChI=1S/C71H55N3/c1-48-20-14-15-27-59(48)63-45-57(36-32-49(63)2)73(54-25-12-7-13-26-54)69-43-40-56(72(53-23-10-6-11-24-53)58-39-41-61-60-28-16-18-30-66(60)71(3,4)67(61)47-58)46-64(69)52-35-42-70-65(44-52)62-29-17-19-31-68(62)74(70)55-37-33-51(34-38-55)50-21-8-5-9-22-50/h5-47H,1-4H3. The largest absolute Gasteiger partial charge is 0.310 e. The highest BCUT2D eigenvalue weighted by Gasteiger charge is 2.36. The van der Waals surface area contributed by atoms with Crippen molar-refractivity contribution in [3.63, 3.8) is 0 Å². The van der Waals surface area contributed by atoms with Gasteiger partial charge in [0, 0.05) is 55.9 Å². The normalized spacial score (nSPS) is 12.4. The topological polar surface area (TPSA) is 11.4 Å². The van der Waals surface area contributed by atoms with Crippen molar-refractivity contribution in [2.45, 2.75) is 33.1 Å². The smallest absolute Gasteiger partial charge is 0.0541 e. The SMILES string of the molecule is Cc1ccccc1-c1cc(N(c2ccccc2)c2ccc(N(c3ccccc3)c3ccc4c(c3)C(C)(C)c3ccccc3-4)cc2-c2ccc3c(c2)c2ccccc2n3-c2ccc(-c3ccccc3)cc2)ccc1C. The summed E-state index contributed by atoms with van der Waals surface area (Å²) in [4.78, 5) is 4.88. The van der Waals surface area contributed by atoms with E-state index in [0.29, 0.717) is 0 Å². The molecule has 3 heteroatoms. The maximum absolute atomic E-state index is 2.45. The predicted molar refractivity (Wildman–Crippen MR) is 313 cm³/mol. The quantitative estimate of drug-likeness (QED) is 0.135. The molecule has 0 unspecified atom stereocenters. The van der Waals surface area contributed by atoms with Gasteiger partial charge in [-0.05, 0) is 172 Å². The minimum atomic E-state index is -0.154. The number of anilines is 6. The Morgan fingerprint density at radius 3 is 1.59 bits per heavy atom. The molecule has 0 spiro atoms. The average molecular weight is 950 g/mol. The molecule has 0 bridgehead atoms. The lowest BCUT2D eigenvalue weighted by Crippen LogP contribution is -2.17. The van der Waals surface area contributed by atoms with Crippen LogP contribution in [0.25, 0.3) is 72.0 Å². The molecule has 1 aliphatic carbocycles. The fourth-order valence-electron chi connectivity index (χ4n) is 11.7. The molecule has 0 amide bonds. The molecule has 354 valence electrons. The molecule has 0 saturated carbocycles. The van der Waals surface area contributed by atoms with Gasteiger partial charge in [0.15, 0.2) is 0 Å². The van der Waals surface area contributed by atoms with Crippen LogP contribution in [0.2, 0.25) is 0 Å². The molecule has 74 heavy (non-hydrogen) atoms. The van der Waals surface area contributed by atoms with E-state index in [1.807, 2.05) is 0 Å². The first-order valence-corrected chi connectivity index (χ1v) is 25.8. The Balaban J connectivity index is 1.04. The maximum Gasteiger partial charge on any atom is 0.0541 e. The lowest BCUT2D eigenvalue weighted by molar-refractivity contribution is 0.660. The summed E-state index contributed by atoms with van der Waals surface area (Å²) in [5, 5.41) is 2.41. The van der Waals surface area contributed by atoms with Gasteiger partial charge in [0.2, 0.25) is 0 Å². The van der Waals surface area contributed by atoms with Crippen molar-refractivity contribution >= 4 is 55.9 Å². The van der Waals surface area contributed by atoms with Crippen molar-refractivity contribution < 1.29 is 0 Å². The van der Waals surface area contributed by atoms with E-state index in [1.54, 1.807) is 0 Å². The van der Waals surface area contributed by atoms with Crippen LogP contribution in [-0.4, -0.2) is 4.57 Å². The van der Waals surface area contributed by atoms with Gasteiger partial charge >= 0.3 is 0 Å². The number of para-hydroxylation sites is 3. The molecule has 1 aromatic heterocycles. The second-order valence-electron chi connectivity index (χ2n) is 20.3. The lowest BCUT2D eigenvalue weighted by atomic mass is 9.82. The van der Waals surface area contributed by atoms with Gasteiger partial charge in [-0.3, -0.25) is 0 Å². The molecule has 11 aromatic carbocycles. The number of nitrogens with zero attached hydrogens (tertiary/aromatic N) is 3. The summed E-state index contributed by atoms with van der Waals surface area (Å²) < 4.78 is 2.42. The van der Waals surface area contributed by atoms with Gasteiger partial charge < -0.3 is 14.4 Å². The first kappa shape index (κ1) is 44.7. The summed E-state index contributed by atoms with van der Waals surface area (Å²) in [7, 11) is 0.